The lowest BCUT2D eigenvalue weighted by molar-refractivity contribution is -0.162. The van der Waals surface area contributed by atoms with E-state index in [4.69, 9.17) is 23.9 Å². The Labute approximate surface area is 216 Å². The van der Waals surface area contributed by atoms with Crippen LogP contribution in [0.1, 0.15) is 25.7 Å². The zero-order chi connectivity index (χ0) is 25.6. The summed E-state index contributed by atoms with van der Waals surface area (Å²) >= 11 is 0. The van der Waals surface area contributed by atoms with Crippen LogP contribution in [-0.4, -0.2) is 60.0 Å². The summed E-state index contributed by atoms with van der Waals surface area (Å²) in [6.45, 7) is 2.12. The van der Waals surface area contributed by atoms with Gasteiger partial charge in [0.1, 0.15) is 11.5 Å². The van der Waals surface area contributed by atoms with Gasteiger partial charge in [0.2, 0.25) is 0 Å². The zero-order valence-electron chi connectivity index (χ0n) is 21.6. The van der Waals surface area contributed by atoms with Crippen molar-refractivity contribution in [2.24, 2.45) is 7.05 Å². The molecule has 4 aromatic rings. The van der Waals surface area contributed by atoms with Gasteiger partial charge in [-0.25, -0.2) is 4.98 Å². The number of anilines is 2. The van der Waals surface area contributed by atoms with Crippen molar-refractivity contribution in [3.05, 3.63) is 55.0 Å². The Bertz CT molecular complexity index is 1310. The van der Waals surface area contributed by atoms with Gasteiger partial charge in [-0.15, -0.1) is 0 Å². The van der Waals surface area contributed by atoms with Gasteiger partial charge in [-0.05, 0) is 43.9 Å². The number of aryl methyl sites for hydroxylation is 1. The molecule has 0 amide bonds. The van der Waals surface area contributed by atoms with Crippen molar-refractivity contribution in [2.75, 3.05) is 38.9 Å². The first-order valence-corrected chi connectivity index (χ1v) is 12.6. The lowest BCUT2D eigenvalue weighted by Crippen LogP contribution is -2.25. The molecular formula is C28H33N5O4. The minimum Gasteiger partial charge on any atom is -0.497 e. The van der Waals surface area contributed by atoms with E-state index in [1.165, 1.54) is 0 Å². The summed E-state index contributed by atoms with van der Waals surface area (Å²) in [5, 5.41) is 4.26. The summed E-state index contributed by atoms with van der Waals surface area (Å²) in [6, 6.07) is 12.0. The van der Waals surface area contributed by atoms with Crippen LogP contribution in [0.25, 0.3) is 22.3 Å². The minimum absolute atomic E-state index is 0.0963. The Morgan fingerprint density at radius 3 is 2.54 bits per heavy atom. The maximum Gasteiger partial charge on any atom is 0.157 e. The monoisotopic (exact) mass is 503 g/mol. The second-order valence-corrected chi connectivity index (χ2v) is 9.07. The van der Waals surface area contributed by atoms with Crippen LogP contribution in [0.5, 0.6) is 11.5 Å². The van der Waals surface area contributed by atoms with Gasteiger partial charge >= 0.3 is 0 Å². The number of hydrogen-bond acceptors (Lipinski definition) is 8. The Morgan fingerprint density at radius 2 is 1.84 bits per heavy atom. The molecule has 5 rings (SSSR count). The summed E-state index contributed by atoms with van der Waals surface area (Å²) in [4.78, 5) is 11.7. The second kappa shape index (κ2) is 11.6. The fraction of sp³-hybridized carbons (Fsp3) is 0.393. The molecule has 37 heavy (non-hydrogen) atoms. The molecule has 1 saturated heterocycles. The standard InChI is InChI=1S/C28H33N5O4/c1-32-19-20(17-30-32)27-18-29-25-9-8-21(15-26(25)31-27)33(10-6-12-37-28-7-4-5-11-36-28)22-13-23(34-2)16-24(14-22)35-3/h8-9,13-19,28H,4-7,10-12H2,1-3H3. The van der Waals surface area contributed by atoms with Crippen LogP contribution in [0.3, 0.4) is 0 Å². The lowest BCUT2D eigenvalue weighted by Gasteiger charge is -2.27. The van der Waals surface area contributed by atoms with Gasteiger partial charge in [0.25, 0.3) is 0 Å². The largest absolute Gasteiger partial charge is 0.497 e. The van der Waals surface area contributed by atoms with E-state index in [9.17, 15) is 0 Å². The molecule has 0 radical (unpaired) electrons. The molecule has 0 bridgehead atoms. The molecule has 1 aliphatic rings. The van der Waals surface area contributed by atoms with Gasteiger partial charge in [0.15, 0.2) is 6.29 Å². The summed E-state index contributed by atoms with van der Waals surface area (Å²) in [5.74, 6) is 1.45. The quantitative estimate of drug-likeness (QED) is 0.276. The first-order valence-electron chi connectivity index (χ1n) is 12.6. The molecule has 1 fully saturated rings. The molecule has 0 spiro atoms. The van der Waals surface area contributed by atoms with Crippen LogP contribution < -0.4 is 14.4 Å². The van der Waals surface area contributed by atoms with Crippen LogP contribution in [-0.2, 0) is 16.5 Å². The Balaban J connectivity index is 1.44. The molecule has 194 valence electrons. The molecule has 1 atom stereocenters. The first kappa shape index (κ1) is 25.0. The zero-order valence-corrected chi connectivity index (χ0v) is 21.6. The third-order valence-electron chi connectivity index (χ3n) is 6.45. The van der Waals surface area contributed by atoms with Crippen molar-refractivity contribution in [1.29, 1.82) is 0 Å². The SMILES string of the molecule is COc1cc(OC)cc(N(CCCOC2CCCCO2)c2ccc3ncc(-c4cnn(C)c4)nc3c2)c1. The molecule has 3 heterocycles. The molecule has 0 saturated carbocycles. The third-order valence-corrected chi connectivity index (χ3v) is 6.45. The fourth-order valence-electron chi connectivity index (χ4n) is 4.50. The number of benzene rings is 2. The van der Waals surface area contributed by atoms with E-state index in [1.54, 1.807) is 31.3 Å². The van der Waals surface area contributed by atoms with Gasteiger partial charge in [-0.2, -0.15) is 5.10 Å². The normalized spacial score (nSPS) is 15.6. The lowest BCUT2D eigenvalue weighted by atomic mass is 10.1. The molecule has 0 N–H and O–H groups in total. The van der Waals surface area contributed by atoms with E-state index in [1.807, 2.05) is 37.5 Å². The Kier molecular flexibility index (Phi) is 7.82. The Morgan fingerprint density at radius 1 is 1.00 bits per heavy atom. The number of aromatic nitrogens is 4. The van der Waals surface area contributed by atoms with Crippen molar-refractivity contribution in [1.82, 2.24) is 19.7 Å². The number of fused-ring (bicyclic) bond motifs is 1. The van der Waals surface area contributed by atoms with E-state index in [-0.39, 0.29) is 6.29 Å². The highest BCUT2D eigenvalue weighted by molar-refractivity contribution is 5.82. The van der Waals surface area contributed by atoms with Crippen LogP contribution >= 0.6 is 0 Å². The average molecular weight is 504 g/mol. The van der Waals surface area contributed by atoms with Crippen molar-refractivity contribution in [2.45, 2.75) is 32.0 Å². The summed E-state index contributed by atoms with van der Waals surface area (Å²) in [6.07, 6.45) is 9.46. The van der Waals surface area contributed by atoms with E-state index in [0.29, 0.717) is 6.61 Å². The van der Waals surface area contributed by atoms with Crippen molar-refractivity contribution in [3.8, 4) is 22.8 Å². The number of methoxy groups -OCH3 is 2. The maximum atomic E-state index is 6.00. The number of rotatable bonds is 10. The molecule has 2 aromatic heterocycles. The average Bonchev–Trinajstić information content (AvgIpc) is 3.39. The molecule has 9 nitrogen and oxygen atoms in total. The van der Waals surface area contributed by atoms with E-state index >= 15 is 0 Å². The summed E-state index contributed by atoms with van der Waals surface area (Å²) < 4.78 is 24.6. The van der Waals surface area contributed by atoms with Crippen LogP contribution in [0.4, 0.5) is 11.4 Å². The van der Waals surface area contributed by atoms with Gasteiger partial charge in [-0.1, -0.05) is 0 Å². The summed E-state index contributed by atoms with van der Waals surface area (Å²) in [7, 11) is 5.21. The van der Waals surface area contributed by atoms with Gasteiger partial charge in [0, 0.05) is 61.5 Å². The predicted molar refractivity (Wildman–Crippen MR) is 142 cm³/mol. The van der Waals surface area contributed by atoms with Crippen LogP contribution in [0, 0.1) is 0 Å². The topological polar surface area (TPSA) is 83.8 Å². The fourth-order valence-corrected chi connectivity index (χ4v) is 4.50. The number of nitrogens with zero attached hydrogens (tertiary/aromatic N) is 5. The highest BCUT2D eigenvalue weighted by atomic mass is 16.7. The van der Waals surface area contributed by atoms with Crippen LogP contribution in [0.2, 0.25) is 0 Å². The maximum absolute atomic E-state index is 6.00. The molecular weight excluding hydrogens is 470 g/mol. The number of hydrogen-bond donors (Lipinski definition) is 0. The smallest absolute Gasteiger partial charge is 0.157 e. The second-order valence-electron chi connectivity index (χ2n) is 9.07. The van der Waals surface area contributed by atoms with E-state index in [0.717, 1.165) is 84.0 Å². The van der Waals surface area contributed by atoms with Crippen molar-refractivity contribution in [3.63, 3.8) is 0 Å². The Hall–Kier alpha value is -3.69. The van der Waals surface area contributed by atoms with Gasteiger partial charge in [-0.3, -0.25) is 9.67 Å². The van der Waals surface area contributed by atoms with Crippen LogP contribution in [0.15, 0.2) is 55.0 Å². The van der Waals surface area contributed by atoms with Crippen molar-refractivity contribution < 1.29 is 18.9 Å². The molecule has 2 aromatic carbocycles. The van der Waals surface area contributed by atoms with Crippen molar-refractivity contribution >= 4 is 22.4 Å². The van der Waals surface area contributed by atoms with Gasteiger partial charge < -0.3 is 23.8 Å². The predicted octanol–water partition coefficient (Wildman–Crippen LogP) is 5.12. The first-order chi connectivity index (χ1) is 18.1. The highest BCUT2D eigenvalue weighted by Gasteiger charge is 2.17. The van der Waals surface area contributed by atoms with E-state index in [2.05, 4.69) is 27.1 Å². The minimum atomic E-state index is -0.0963. The molecule has 0 aliphatic carbocycles. The van der Waals surface area contributed by atoms with E-state index < -0.39 is 0 Å². The van der Waals surface area contributed by atoms with Gasteiger partial charge in [0.05, 0.1) is 49.9 Å². The molecule has 9 heteroatoms. The third kappa shape index (κ3) is 6.00. The molecule has 1 aliphatic heterocycles. The molecule has 1 unspecified atom stereocenters. The summed E-state index contributed by atoms with van der Waals surface area (Å²) in [5.41, 5.74) is 5.31. The highest BCUT2D eigenvalue weighted by Crippen LogP contribution is 2.34. The number of ether oxygens (including phenoxy) is 4.